The first-order valence-corrected chi connectivity index (χ1v) is 17.1. The molecule has 1 aliphatic carbocycles. The molecule has 0 amide bonds. The van der Waals surface area contributed by atoms with Crippen molar-refractivity contribution in [2.45, 2.75) is 82.1 Å². The molecular weight excluding hydrogens is 646 g/mol. The first kappa shape index (κ1) is 35.9. The van der Waals surface area contributed by atoms with Gasteiger partial charge in [0.05, 0.1) is 37.7 Å². The van der Waals surface area contributed by atoms with Gasteiger partial charge in [0, 0.05) is 44.8 Å². The van der Waals surface area contributed by atoms with Gasteiger partial charge in [-0.3, -0.25) is 4.79 Å². The number of nitrogens with one attached hydrogen (secondary N) is 1. The van der Waals surface area contributed by atoms with E-state index in [-0.39, 0.29) is 37.8 Å². The zero-order chi connectivity index (χ0) is 33.7. The molecule has 264 valence electrons. The quantitative estimate of drug-likeness (QED) is 0.106. The average molecular weight is 692 g/mol. The van der Waals surface area contributed by atoms with Gasteiger partial charge in [0.2, 0.25) is 0 Å². The highest BCUT2D eigenvalue weighted by Crippen LogP contribution is 2.34. The van der Waals surface area contributed by atoms with Gasteiger partial charge in [-0.1, -0.05) is 17.7 Å². The van der Waals surface area contributed by atoms with Gasteiger partial charge in [0.15, 0.2) is 0 Å². The Bertz CT molecular complexity index is 1310. The summed E-state index contributed by atoms with van der Waals surface area (Å²) in [5, 5.41) is 13.6. The van der Waals surface area contributed by atoms with E-state index in [1.165, 1.54) is 0 Å². The lowest BCUT2D eigenvalue weighted by atomic mass is 9.93. The first-order chi connectivity index (χ1) is 23.4. The van der Waals surface area contributed by atoms with Crippen molar-refractivity contribution in [3.8, 4) is 11.5 Å². The van der Waals surface area contributed by atoms with Gasteiger partial charge in [0.1, 0.15) is 36.4 Å². The van der Waals surface area contributed by atoms with Crippen LogP contribution in [0.25, 0.3) is 0 Å². The number of hydrogen-bond acceptors (Lipinski definition) is 12. The van der Waals surface area contributed by atoms with Crippen LogP contribution in [0.15, 0.2) is 42.5 Å². The van der Waals surface area contributed by atoms with Crippen LogP contribution in [0.2, 0.25) is 5.02 Å². The van der Waals surface area contributed by atoms with E-state index in [4.69, 9.17) is 40.0 Å². The fourth-order valence-electron chi connectivity index (χ4n) is 6.32. The Morgan fingerprint density at radius 2 is 1.81 bits per heavy atom. The van der Waals surface area contributed by atoms with Crippen LogP contribution in [0.1, 0.15) is 50.5 Å². The molecule has 13 nitrogen and oxygen atoms in total. The molecule has 3 unspecified atom stereocenters. The van der Waals surface area contributed by atoms with Crippen molar-refractivity contribution >= 4 is 23.3 Å². The molecule has 3 aliphatic rings. The molecule has 1 saturated carbocycles. The van der Waals surface area contributed by atoms with Gasteiger partial charge >= 0.3 is 5.97 Å². The molecule has 14 heteroatoms. The maximum absolute atomic E-state index is 12.8. The molecule has 0 radical (unpaired) electrons. The van der Waals surface area contributed by atoms with E-state index in [2.05, 4.69) is 21.1 Å². The standard InChI is InChI=1S/C34H46ClN3O10/c1-42-17-3-15-37-16-19-43-30-14-5-24(20-29(30)37)23-44-31-21-36-22-32(48-33(39)4-2-18-45-38(40)41)34(31)47-28-12-10-27(11-13-28)46-26-8-6-25(35)7-9-26/h5-9,14,20,27-28,31-32,34,36H,2-4,10-13,15-19,21-23H2,1H3. The minimum atomic E-state index is -0.869. The van der Waals surface area contributed by atoms with Crippen LogP contribution in [0.4, 0.5) is 5.69 Å². The summed E-state index contributed by atoms with van der Waals surface area (Å²) in [7, 11) is 1.71. The monoisotopic (exact) mass is 691 g/mol. The summed E-state index contributed by atoms with van der Waals surface area (Å²) in [6.45, 7) is 4.11. The topological polar surface area (TPSA) is 140 Å². The molecule has 2 fully saturated rings. The Hall–Kier alpha value is -3.36. The number of esters is 1. The van der Waals surface area contributed by atoms with Crippen LogP contribution >= 0.6 is 11.6 Å². The van der Waals surface area contributed by atoms with Crippen molar-refractivity contribution in [3.63, 3.8) is 0 Å². The van der Waals surface area contributed by atoms with Crippen LogP contribution in [-0.2, 0) is 35.2 Å². The number of ether oxygens (including phenoxy) is 6. The highest BCUT2D eigenvalue weighted by molar-refractivity contribution is 6.30. The molecule has 1 saturated heterocycles. The Kier molecular flexibility index (Phi) is 13.8. The van der Waals surface area contributed by atoms with Crippen molar-refractivity contribution in [1.82, 2.24) is 5.32 Å². The van der Waals surface area contributed by atoms with Crippen LogP contribution in [0, 0.1) is 10.1 Å². The minimum Gasteiger partial charge on any atom is -0.490 e. The Labute approximate surface area is 286 Å². The number of methoxy groups -OCH3 is 1. The molecule has 5 rings (SSSR count). The van der Waals surface area contributed by atoms with E-state index in [0.29, 0.717) is 37.9 Å². The van der Waals surface area contributed by atoms with Crippen molar-refractivity contribution in [1.29, 1.82) is 0 Å². The van der Waals surface area contributed by atoms with Crippen molar-refractivity contribution in [2.75, 3.05) is 58.0 Å². The van der Waals surface area contributed by atoms with Gasteiger partial charge in [-0.2, -0.15) is 0 Å². The minimum absolute atomic E-state index is 0.00614. The Balaban J connectivity index is 1.21. The number of hydrogen-bond donors (Lipinski definition) is 1. The Morgan fingerprint density at radius 1 is 1.04 bits per heavy atom. The van der Waals surface area contributed by atoms with Crippen LogP contribution in [0.3, 0.4) is 0 Å². The highest BCUT2D eigenvalue weighted by Gasteiger charge is 2.40. The number of halogens is 1. The number of fused-ring (bicyclic) bond motifs is 1. The molecule has 48 heavy (non-hydrogen) atoms. The summed E-state index contributed by atoms with van der Waals surface area (Å²) in [4.78, 5) is 29.9. The maximum Gasteiger partial charge on any atom is 0.306 e. The van der Waals surface area contributed by atoms with Crippen LogP contribution < -0.4 is 19.7 Å². The summed E-state index contributed by atoms with van der Waals surface area (Å²) in [5.41, 5.74) is 2.04. The van der Waals surface area contributed by atoms with Gasteiger partial charge in [0.25, 0.3) is 5.09 Å². The summed E-state index contributed by atoms with van der Waals surface area (Å²) >= 11 is 6.02. The lowest BCUT2D eigenvalue weighted by Gasteiger charge is -2.41. The maximum atomic E-state index is 12.8. The van der Waals surface area contributed by atoms with Crippen molar-refractivity contribution in [2.24, 2.45) is 0 Å². The second-order valence-corrected chi connectivity index (χ2v) is 12.7. The van der Waals surface area contributed by atoms with E-state index in [0.717, 1.165) is 67.9 Å². The number of carbonyl (C=O) groups is 1. The Morgan fingerprint density at radius 3 is 2.58 bits per heavy atom. The smallest absolute Gasteiger partial charge is 0.306 e. The molecule has 0 spiro atoms. The highest BCUT2D eigenvalue weighted by atomic mass is 35.5. The number of carbonyl (C=O) groups excluding carboxylic acids is 1. The lowest BCUT2D eigenvalue weighted by Crippen LogP contribution is -2.58. The fourth-order valence-corrected chi connectivity index (χ4v) is 6.44. The summed E-state index contributed by atoms with van der Waals surface area (Å²) in [6, 6.07) is 13.5. The number of benzene rings is 2. The lowest BCUT2D eigenvalue weighted by molar-refractivity contribution is -0.757. The predicted molar refractivity (Wildman–Crippen MR) is 177 cm³/mol. The third-order valence-corrected chi connectivity index (χ3v) is 8.99. The van der Waals surface area contributed by atoms with E-state index < -0.39 is 23.3 Å². The predicted octanol–water partition coefficient (Wildman–Crippen LogP) is 4.74. The van der Waals surface area contributed by atoms with E-state index in [1.807, 2.05) is 36.4 Å². The van der Waals surface area contributed by atoms with Crippen LogP contribution in [-0.4, -0.2) is 94.7 Å². The summed E-state index contributed by atoms with van der Waals surface area (Å²) in [6.07, 6.45) is 2.84. The van der Waals surface area contributed by atoms with Crippen molar-refractivity contribution < 1.29 is 43.1 Å². The first-order valence-electron chi connectivity index (χ1n) is 16.7. The van der Waals surface area contributed by atoms with Gasteiger partial charge in [-0.15, -0.1) is 10.1 Å². The second kappa shape index (κ2) is 18.4. The second-order valence-electron chi connectivity index (χ2n) is 12.3. The SMILES string of the molecule is COCCCN1CCOc2ccc(COC3CNCC(OC(=O)CCCO[N+](=O)[O-])C3OC3CCC(Oc4ccc(Cl)cc4)CC3)cc21. The van der Waals surface area contributed by atoms with Gasteiger partial charge < -0.3 is 43.5 Å². The third-order valence-electron chi connectivity index (χ3n) is 8.74. The molecule has 1 N–H and O–H groups in total. The van der Waals surface area contributed by atoms with Crippen LogP contribution in [0.5, 0.6) is 11.5 Å². The third kappa shape index (κ3) is 10.8. The zero-order valence-corrected chi connectivity index (χ0v) is 28.1. The molecular formula is C34H46ClN3O10. The molecule has 0 aromatic heterocycles. The molecule has 3 atom stereocenters. The van der Waals surface area contributed by atoms with E-state index in [9.17, 15) is 14.9 Å². The number of piperidine rings is 1. The van der Waals surface area contributed by atoms with Gasteiger partial charge in [-0.05, 0) is 80.5 Å². The van der Waals surface area contributed by atoms with Crippen molar-refractivity contribution in [3.05, 3.63) is 63.2 Å². The molecule has 2 aromatic rings. The molecule has 2 aromatic carbocycles. The number of nitrogens with zero attached hydrogens (tertiary/aromatic N) is 2. The van der Waals surface area contributed by atoms with E-state index >= 15 is 0 Å². The fraction of sp³-hybridized carbons (Fsp3) is 0.618. The zero-order valence-electron chi connectivity index (χ0n) is 27.4. The van der Waals surface area contributed by atoms with E-state index in [1.54, 1.807) is 7.11 Å². The normalized spacial score (nSPS) is 23.9. The summed E-state index contributed by atoms with van der Waals surface area (Å²) in [5.74, 6) is 1.18. The average Bonchev–Trinajstić information content (AvgIpc) is 3.09. The largest absolute Gasteiger partial charge is 0.490 e. The molecule has 2 aliphatic heterocycles. The number of anilines is 1. The summed E-state index contributed by atoms with van der Waals surface area (Å²) < 4.78 is 36.4. The molecule has 0 bridgehead atoms. The molecule has 2 heterocycles. The number of rotatable bonds is 17. The van der Waals surface area contributed by atoms with Gasteiger partial charge in [-0.25, -0.2) is 0 Å².